The summed E-state index contributed by atoms with van der Waals surface area (Å²) < 4.78 is 16.8. The van der Waals surface area contributed by atoms with E-state index in [1.165, 1.54) is 16.7 Å². The van der Waals surface area contributed by atoms with Crippen molar-refractivity contribution in [2.24, 2.45) is 0 Å². The zero-order valence-electron chi connectivity index (χ0n) is 15.2. The number of nitrogens with zero attached hydrogens (tertiary/aromatic N) is 1. The maximum Gasteiger partial charge on any atom is 0.270 e. The van der Waals surface area contributed by atoms with Gasteiger partial charge in [-0.1, -0.05) is 36.1 Å². The lowest BCUT2D eigenvalue weighted by atomic mass is 10.1. The van der Waals surface area contributed by atoms with Gasteiger partial charge in [-0.25, -0.2) is 0 Å². The molecule has 1 aliphatic rings. The molecule has 140 valence electrons. The second-order valence-electron chi connectivity index (χ2n) is 5.53. The van der Waals surface area contributed by atoms with Crippen molar-refractivity contribution in [3.05, 3.63) is 52.9 Å². The van der Waals surface area contributed by atoms with Gasteiger partial charge in [-0.3, -0.25) is 9.69 Å². The normalized spacial score (nSPS) is 15.4. The summed E-state index contributed by atoms with van der Waals surface area (Å²) in [7, 11) is 3.18. The van der Waals surface area contributed by atoms with Crippen LogP contribution in [0.1, 0.15) is 12.5 Å². The van der Waals surface area contributed by atoms with Crippen LogP contribution < -0.4 is 19.1 Å². The zero-order chi connectivity index (χ0) is 19.4. The fourth-order valence-corrected chi connectivity index (χ4v) is 3.96. The van der Waals surface area contributed by atoms with Gasteiger partial charge in [0.15, 0.2) is 4.32 Å². The van der Waals surface area contributed by atoms with Crippen LogP contribution in [0, 0.1) is 0 Å². The Kier molecular flexibility index (Phi) is 6.03. The molecule has 0 saturated carbocycles. The first-order chi connectivity index (χ1) is 13.1. The number of amides is 1. The van der Waals surface area contributed by atoms with E-state index in [1.807, 2.05) is 37.3 Å². The molecule has 3 rings (SSSR count). The predicted molar refractivity (Wildman–Crippen MR) is 113 cm³/mol. The topological polar surface area (TPSA) is 48.0 Å². The monoisotopic (exact) mass is 401 g/mol. The van der Waals surface area contributed by atoms with E-state index in [9.17, 15) is 4.79 Å². The first-order valence-electron chi connectivity index (χ1n) is 8.30. The van der Waals surface area contributed by atoms with E-state index in [-0.39, 0.29) is 5.91 Å². The molecule has 1 heterocycles. The smallest absolute Gasteiger partial charge is 0.270 e. The zero-order valence-corrected chi connectivity index (χ0v) is 16.9. The number of para-hydroxylation sites is 2. The molecule has 5 nitrogen and oxygen atoms in total. The van der Waals surface area contributed by atoms with Gasteiger partial charge in [-0.2, -0.15) is 0 Å². The first kappa shape index (κ1) is 19.3. The molecular weight excluding hydrogens is 382 g/mol. The van der Waals surface area contributed by atoms with Gasteiger partial charge in [-0.15, -0.1) is 0 Å². The Morgan fingerprint density at radius 1 is 1.11 bits per heavy atom. The van der Waals surface area contributed by atoms with Crippen LogP contribution in [0.25, 0.3) is 6.08 Å². The maximum atomic E-state index is 13.1. The number of carbonyl (C=O) groups is 1. The summed E-state index contributed by atoms with van der Waals surface area (Å²) in [5.41, 5.74) is 1.39. The molecule has 0 aliphatic carbocycles. The first-order valence-corrected chi connectivity index (χ1v) is 9.53. The Morgan fingerprint density at radius 2 is 1.89 bits per heavy atom. The Morgan fingerprint density at radius 3 is 2.59 bits per heavy atom. The number of anilines is 1. The molecule has 0 unspecified atom stereocenters. The van der Waals surface area contributed by atoms with Gasteiger partial charge in [0.2, 0.25) is 0 Å². The molecule has 0 atom stereocenters. The average Bonchev–Trinajstić information content (AvgIpc) is 2.95. The van der Waals surface area contributed by atoms with Crippen LogP contribution in [0.5, 0.6) is 17.2 Å². The lowest BCUT2D eigenvalue weighted by molar-refractivity contribution is -0.113. The van der Waals surface area contributed by atoms with E-state index in [4.69, 9.17) is 26.4 Å². The number of methoxy groups -OCH3 is 2. The third kappa shape index (κ3) is 3.94. The van der Waals surface area contributed by atoms with E-state index >= 15 is 0 Å². The van der Waals surface area contributed by atoms with Gasteiger partial charge >= 0.3 is 0 Å². The Labute approximate surface area is 167 Å². The Bertz CT molecular complexity index is 911. The highest BCUT2D eigenvalue weighted by Gasteiger charge is 2.35. The number of carbonyl (C=O) groups excluding carboxylic acids is 1. The van der Waals surface area contributed by atoms with E-state index in [2.05, 4.69) is 0 Å². The van der Waals surface area contributed by atoms with Gasteiger partial charge in [0.1, 0.15) is 17.2 Å². The van der Waals surface area contributed by atoms with Crippen LogP contribution in [0.2, 0.25) is 0 Å². The summed E-state index contributed by atoms with van der Waals surface area (Å²) in [6.07, 6.45) is 1.77. The molecule has 0 radical (unpaired) electrons. The molecule has 0 spiro atoms. The van der Waals surface area contributed by atoms with Crippen LogP contribution in [0.3, 0.4) is 0 Å². The molecule has 2 aromatic rings. The van der Waals surface area contributed by atoms with Gasteiger partial charge in [0.25, 0.3) is 5.91 Å². The van der Waals surface area contributed by atoms with E-state index in [0.29, 0.717) is 38.8 Å². The number of thioether (sulfide) groups is 1. The molecule has 1 aliphatic heterocycles. The highest BCUT2D eigenvalue weighted by Crippen LogP contribution is 2.40. The van der Waals surface area contributed by atoms with Crippen LogP contribution in [-0.4, -0.2) is 31.1 Å². The highest BCUT2D eigenvalue weighted by atomic mass is 32.2. The summed E-state index contributed by atoms with van der Waals surface area (Å²) in [4.78, 5) is 15.1. The number of thiocarbonyl (C=S) groups is 1. The fourth-order valence-electron chi connectivity index (χ4n) is 2.69. The average molecular weight is 402 g/mol. The van der Waals surface area contributed by atoms with E-state index in [0.717, 1.165) is 5.56 Å². The molecule has 1 saturated heterocycles. The van der Waals surface area contributed by atoms with Crippen molar-refractivity contribution >= 4 is 46.0 Å². The van der Waals surface area contributed by atoms with Crippen molar-refractivity contribution in [2.45, 2.75) is 6.92 Å². The molecule has 27 heavy (non-hydrogen) atoms. The summed E-state index contributed by atoms with van der Waals surface area (Å²) in [6, 6.07) is 12.8. The van der Waals surface area contributed by atoms with Crippen LogP contribution in [0.15, 0.2) is 47.4 Å². The largest absolute Gasteiger partial charge is 0.497 e. The molecule has 0 N–H and O–H groups in total. The summed E-state index contributed by atoms with van der Waals surface area (Å²) in [6.45, 7) is 2.40. The Hall–Kier alpha value is -2.51. The van der Waals surface area contributed by atoms with Crippen molar-refractivity contribution < 1.29 is 19.0 Å². The second-order valence-corrected chi connectivity index (χ2v) is 7.20. The minimum atomic E-state index is -0.193. The summed E-state index contributed by atoms with van der Waals surface area (Å²) in [5.74, 6) is 1.76. The van der Waals surface area contributed by atoms with Crippen LogP contribution in [0.4, 0.5) is 5.69 Å². The fraction of sp³-hybridized carbons (Fsp3) is 0.200. The van der Waals surface area contributed by atoms with Gasteiger partial charge in [0, 0.05) is 5.56 Å². The third-order valence-electron chi connectivity index (χ3n) is 3.92. The third-order valence-corrected chi connectivity index (χ3v) is 5.23. The molecule has 1 fully saturated rings. The minimum absolute atomic E-state index is 0.193. The minimum Gasteiger partial charge on any atom is -0.497 e. The van der Waals surface area contributed by atoms with Gasteiger partial charge < -0.3 is 14.2 Å². The maximum absolute atomic E-state index is 13.1. The van der Waals surface area contributed by atoms with Crippen molar-refractivity contribution in [1.29, 1.82) is 0 Å². The number of rotatable bonds is 6. The molecule has 0 bridgehead atoms. The summed E-state index contributed by atoms with van der Waals surface area (Å²) in [5, 5.41) is 0. The standard InChI is InChI=1S/C20H19NO4S2/c1-4-25-17-8-6-5-7-15(17)21-19(22)18(27-20(21)26)12-13-11-14(23-2)9-10-16(13)24-3/h5-12H,4H2,1-3H3/b18-12-. The number of ether oxygens (including phenoxy) is 3. The number of hydrogen-bond acceptors (Lipinski definition) is 6. The van der Waals surface area contributed by atoms with Crippen molar-refractivity contribution in [1.82, 2.24) is 0 Å². The summed E-state index contributed by atoms with van der Waals surface area (Å²) >= 11 is 6.71. The van der Waals surface area contributed by atoms with E-state index in [1.54, 1.807) is 32.4 Å². The van der Waals surface area contributed by atoms with Crippen LogP contribution in [-0.2, 0) is 4.79 Å². The highest BCUT2D eigenvalue weighted by molar-refractivity contribution is 8.27. The molecule has 7 heteroatoms. The second kappa shape index (κ2) is 8.45. The number of benzene rings is 2. The molecule has 2 aromatic carbocycles. The van der Waals surface area contributed by atoms with Gasteiger partial charge in [-0.05, 0) is 43.3 Å². The van der Waals surface area contributed by atoms with Crippen LogP contribution >= 0.6 is 24.0 Å². The predicted octanol–water partition coefficient (Wildman–Crippen LogP) is 4.51. The van der Waals surface area contributed by atoms with E-state index < -0.39 is 0 Å². The quantitative estimate of drug-likeness (QED) is 0.524. The lowest BCUT2D eigenvalue weighted by Gasteiger charge is -2.18. The van der Waals surface area contributed by atoms with Crippen molar-refractivity contribution in [2.75, 3.05) is 25.7 Å². The molecule has 0 aromatic heterocycles. The van der Waals surface area contributed by atoms with Crippen molar-refractivity contribution in [3.8, 4) is 17.2 Å². The molecular formula is C20H19NO4S2. The van der Waals surface area contributed by atoms with Crippen molar-refractivity contribution in [3.63, 3.8) is 0 Å². The Balaban J connectivity index is 1.99. The van der Waals surface area contributed by atoms with Gasteiger partial charge in [0.05, 0.1) is 31.4 Å². The lowest BCUT2D eigenvalue weighted by Crippen LogP contribution is -2.28. The SMILES string of the molecule is CCOc1ccccc1N1C(=O)/C(=C/c2cc(OC)ccc2OC)SC1=S. The number of hydrogen-bond donors (Lipinski definition) is 0. The molecule has 1 amide bonds.